The number of amides is 3. The molecule has 8 N–H and O–H groups in total. The molecule has 1 heterocycles. The highest BCUT2D eigenvalue weighted by molar-refractivity contribution is 5.94. The maximum Gasteiger partial charge on any atom is 0.326 e. The Labute approximate surface area is 210 Å². The number of aliphatic hydroxyl groups is 1. The molecule has 0 aliphatic rings. The molecule has 1 aromatic heterocycles. The number of nitrogens with one attached hydrogen (secondary N) is 4. The van der Waals surface area contributed by atoms with E-state index in [2.05, 4.69) is 20.9 Å². The molecule has 0 saturated carbocycles. The number of carboxylic acid groups (broad SMARTS) is 1. The van der Waals surface area contributed by atoms with Gasteiger partial charge in [-0.1, -0.05) is 45.9 Å². The van der Waals surface area contributed by atoms with Crippen LogP contribution in [-0.2, 0) is 25.6 Å². The van der Waals surface area contributed by atoms with Crippen LogP contribution in [0.15, 0.2) is 30.5 Å². The third kappa shape index (κ3) is 7.28. The molecule has 5 atom stereocenters. The summed E-state index contributed by atoms with van der Waals surface area (Å²) >= 11 is 0. The number of aliphatic hydroxyl groups excluding tert-OH is 1. The van der Waals surface area contributed by atoms with Crippen LogP contribution in [0.1, 0.15) is 40.2 Å². The summed E-state index contributed by atoms with van der Waals surface area (Å²) in [4.78, 5) is 53.1. The van der Waals surface area contributed by atoms with Crippen molar-refractivity contribution >= 4 is 34.6 Å². The molecule has 0 saturated heterocycles. The van der Waals surface area contributed by atoms with Crippen molar-refractivity contribution in [3.8, 4) is 0 Å². The number of aromatic nitrogens is 1. The third-order valence-electron chi connectivity index (χ3n) is 5.99. The van der Waals surface area contributed by atoms with E-state index in [-0.39, 0.29) is 12.3 Å². The first kappa shape index (κ1) is 28.8. The molecule has 0 radical (unpaired) electrons. The van der Waals surface area contributed by atoms with Gasteiger partial charge in [0, 0.05) is 17.1 Å². The molecular weight excluding hydrogens is 466 g/mol. The topological polar surface area (TPSA) is 187 Å². The minimum atomic E-state index is -1.37. The van der Waals surface area contributed by atoms with Crippen LogP contribution >= 0.6 is 0 Å². The first-order valence-corrected chi connectivity index (χ1v) is 12.0. The van der Waals surface area contributed by atoms with E-state index in [0.29, 0.717) is 0 Å². The Morgan fingerprint density at radius 1 is 0.861 bits per heavy atom. The summed E-state index contributed by atoms with van der Waals surface area (Å²) in [6.07, 6.45) is 0.684. The van der Waals surface area contributed by atoms with Crippen LogP contribution in [0, 0.1) is 11.8 Å². The lowest BCUT2D eigenvalue weighted by Gasteiger charge is -2.28. The second-order valence-electron chi connectivity index (χ2n) is 9.70. The van der Waals surface area contributed by atoms with Crippen molar-refractivity contribution in [1.82, 2.24) is 20.9 Å². The van der Waals surface area contributed by atoms with E-state index in [4.69, 9.17) is 5.73 Å². The molecule has 3 amide bonds. The number of hydrogen-bond donors (Lipinski definition) is 7. The van der Waals surface area contributed by atoms with Gasteiger partial charge in [0.1, 0.15) is 18.1 Å². The number of rotatable bonds is 12. The van der Waals surface area contributed by atoms with Gasteiger partial charge in [0.2, 0.25) is 17.7 Å². The van der Waals surface area contributed by atoms with E-state index in [9.17, 15) is 29.4 Å². The van der Waals surface area contributed by atoms with Gasteiger partial charge in [-0.05, 0) is 36.8 Å². The second kappa shape index (κ2) is 12.5. The maximum absolute atomic E-state index is 13.0. The van der Waals surface area contributed by atoms with Crippen LogP contribution in [0.5, 0.6) is 0 Å². The van der Waals surface area contributed by atoms with Crippen LogP contribution in [-0.4, -0.2) is 69.2 Å². The number of carbonyl (C=O) groups excluding carboxylic acids is 3. The normalized spacial score (nSPS) is 15.7. The van der Waals surface area contributed by atoms with E-state index in [1.165, 1.54) is 6.92 Å². The van der Waals surface area contributed by atoms with Crippen molar-refractivity contribution in [1.29, 1.82) is 0 Å². The highest BCUT2D eigenvalue weighted by Gasteiger charge is 2.34. The van der Waals surface area contributed by atoms with Gasteiger partial charge in [0.25, 0.3) is 0 Å². The summed E-state index contributed by atoms with van der Waals surface area (Å²) in [6, 6.07) is 2.98. The summed E-state index contributed by atoms with van der Waals surface area (Å²) in [5.74, 6) is -4.07. The third-order valence-corrected chi connectivity index (χ3v) is 5.99. The molecule has 0 aliphatic carbocycles. The van der Waals surface area contributed by atoms with Gasteiger partial charge in [-0.2, -0.15) is 0 Å². The summed E-state index contributed by atoms with van der Waals surface area (Å²) in [6.45, 7) is 8.01. The zero-order valence-corrected chi connectivity index (χ0v) is 21.2. The molecule has 2 aromatic rings. The molecule has 0 aliphatic heterocycles. The number of hydrogen-bond acceptors (Lipinski definition) is 6. The lowest BCUT2D eigenvalue weighted by Crippen LogP contribution is -2.61. The summed E-state index contributed by atoms with van der Waals surface area (Å²) in [7, 11) is 0. The predicted molar refractivity (Wildman–Crippen MR) is 135 cm³/mol. The Kier molecular flexibility index (Phi) is 10.00. The Morgan fingerprint density at radius 3 is 1.94 bits per heavy atom. The van der Waals surface area contributed by atoms with Gasteiger partial charge < -0.3 is 36.9 Å². The fourth-order valence-electron chi connectivity index (χ4n) is 3.83. The molecule has 198 valence electrons. The number of carbonyl (C=O) groups is 4. The van der Waals surface area contributed by atoms with Crippen molar-refractivity contribution in [2.75, 3.05) is 0 Å². The Bertz CT molecular complexity index is 1080. The predicted octanol–water partition coefficient (Wildman–Crippen LogP) is 0.270. The second-order valence-corrected chi connectivity index (χ2v) is 9.70. The molecule has 2 rings (SSSR count). The molecule has 0 bridgehead atoms. The van der Waals surface area contributed by atoms with E-state index in [0.717, 1.165) is 16.5 Å². The Balaban J connectivity index is 2.09. The van der Waals surface area contributed by atoms with Crippen molar-refractivity contribution < 1.29 is 29.4 Å². The van der Waals surface area contributed by atoms with Gasteiger partial charge in [-0.15, -0.1) is 0 Å². The van der Waals surface area contributed by atoms with Crippen molar-refractivity contribution in [3.63, 3.8) is 0 Å². The minimum absolute atomic E-state index is 0.201. The molecule has 1 aromatic carbocycles. The number of aromatic amines is 1. The van der Waals surface area contributed by atoms with E-state index in [1.807, 2.05) is 24.3 Å². The summed E-state index contributed by atoms with van der Waals surface area (Å²) in [5, 5.41) is 27.9. The monoisotopic (exact) mass is 503 g/mol. The maximum atomic E-state index is 13.0. The number of carboxylic acids is 1. The van der Waals surface area contributed by atoms with Gasteiger partial charge in [0.05, 0.1) is 12.1 Å². The first-order chi connectivity index (χ1) is 16.8. The molecule has 0 fully saturated rings. The van der Waals surface area contributed by atoms with Gasteiger partial charge in [-0.3, -0.25) is 14.4 Å². The van der Waals surface area contributed by atoms with Crippen molar-refractivity contribution in [2.45, 2.75) is 71.3 Å². The first-order valence-electron chi connectivity index (χ1n) is 12.0. The zero-order valence-electron chi connectivity index (χ0n) is 21.2. The summed E-state index contributed by atoms with van der Waals surface area (Å²) in [5.41, 5.74) is 7.84. The fraction of sp³-hybridized carbons (Fsp3) is 0.520. The zero-order chi connectivity index (χ0) is 27.2. The number of aliphatic carboxylic acids is 1. The molecule has 11 nitrogen and oxygen atoms in total. The number of fused-ring (bicyclic) bond motifs is 1. The number of H-pyrrole nitrogens is 1. The molecule has 0 spiro atoms. The molecule has 5 unspecified atom stereocenters. The van der Waals surface area contributed by atoms with Crippen LogP contribution in [0.2, 0.25) is 0 Å². The Morgan fingerprint density at radius 2 is 1.39 bits per heavy atom. The van der Waals surface area contributed by atoms with Gasteiger partial charge >= 0.3 is 5.97 Å². The lowest BCUT2D eigenvalue weighted by molar-refractivity contribution is -0.144. The minimum Gasteiger partial charge on any atom is -0.480 e. The van der Waals surface area contributed by atoms with E-state index >= 15 is 0 Å². The molecular formula is C25H37N5O6. The fourth-order valence-corrected chi connectivity index (χ4v) is 3.83. The van der Waals surface area contributed by atoms with Crippen LogP contribution in [0.25, 0.3) is 10.9 Å². The van der Waals surface area contributed by atoms with Crippen molar-refractivity contribution in [3.05, 3.63) is 36.0 Å². The average Bonchev–Trinajstić information content (AvgIpc) is 3.20. The van der Waals surface area contributed by atoms with E-state index < -0.39 is 59.9 Å². The van der Waals surface area contributed by atoms with Crippen LogP contribution < -0.4 is 21.7 Å². The average molecular weight is 504 g/mol. The number of benzene rings is 1. The van der Waals surface area contributed by atoms with Crippen molar-refractivity contribution in [2.24, 2.45) is 17.6 Å². The standard InChI is InChI=1S/C25H37N5O6/c1-12(2)19(23(33)29-20(13(3)4)25(35)36)28-24(34)21(14(5)31)30-22(32)17(26)10-15-11-27-18-9-7-6-8-16(15)18/h6-9,11-14,17,19-21,27,31H,10,26H2,1-5H3,(H,28,34)(H,29,33)(H,30,32)(H,35,36). The summed E-state index contributed by atoms with van der Waals surface area (Å²) < 4.78 is 0. The lowest BCUT2D eigenvalue weighted by atomic mass is 9.99. The Hall–Kier alpha value is -3.44. The molecule has 11 heteroatoms. The smallest absolute Gasteiger partial charge is 0.326 e. The van der Waals surface area contributed by atoms with Crippen LogP contribution in [0.3, 0.4) is 0 Å². The highest BCUT2D eigenvalue weighted by atomic mass is 16.4. The van der Waals surface area contributed by atoms with Crippen LogP contribution in [0.4, 0.5) is 0 Å². The SMILES string of the molecule is CC(C)C(NC(=O)C(NC(=O)C(NC(=O)C(N)Cc1c[nH]c2ccccc12)C(C)O)C(C)C)C(=O)O. The highest BCUT2D eigenvalue weighted by Crippen LogP contribution is 2.19. The molecule has 36 heavy (non-hydrogen) atoms. The van der Waals surface area contributed by atoms with Gasteiger partial charge in [-0.25, -0.2) is 4.79 Å². The quantitative estimate of drug-likeness (QED) is 0.216. The largest absolute Gasteiger partial charge is 0.480 e. The van der Waals surface area contributed by atoms with Gasteiger partial charge in [0.15, 0.2) is 0 Å². The number of nitrogens with two attached hydrogens (primary N) is 1. The van der Waals surface area contributed by atoms with E-state index in [1.54, 1.807) is 33.9 Å². The number of para-hydroxylation sites is 1.